The maximum Gasteiger partial charge on any atom is 0.228 e. The first kappa shape index (κ1) is 18.4. The Labute approximate surface area is 168 Å². The summed E-state index contributed by atoms with van der Waals surface area (Å²) in [6.45, 7) is 1.80. The number of hydrogen-bond donors (Lipinski definition) is 1. The van der Waals surface area contributed by atoms with Gasteiger partial charge in [0.15, 0.2) is 0 Å². The lowest BCUT2D eigenvalue weighted by Crippen LogP contribution is -2.14. The Morgan fingerprint density at radius 1 is 1.07 bits per heavy atom. The number of aromatic nitrogens is 4. The molecule has 0 aliphatic heterocycles. The minimum absolute atomic E-state index is 0.0683. The number of aryl methyl sites for hydroxylation is 1. The Bertz CT molecular complexity index is 1090. The van der Waals surface area contributed by atoms with E-state index in [0.29, 0.717) is 35.4 Å². The zero-order valence-corrected chi connectivity index (χ0v) is 15.8. The number of hydrogen-bond acceptors (Lipinski definition) is 5. The molecule has 0 fully saturated rings. The highest BCUT2D eigenvalue weighted by Gasteiger charge is 2.07. The van der Waals surface area contributed by atoms with Gasteiger partial charge in [0.2, 0.25) is 11.8 Å². The Kier molecular flexibility index (Phi) is 5.29. The number of nitrogens with one attached hydrogen (secondary N) is 1. The molecule has 4 rings (SSSR count). The highest BCUT2D eigenvalue weighted by atomic mass is 16.5. The lowest BCUT2D eigenvalue weighted by molar-refractivity contribution is -0.115. The van der Waals surface area contributed by atoms with E-state index in [2.05, 4.69) is 20.3 Å². The van der Waals surface area contributed by atoms with Crippen LogP contribution in [0.1, 0.15) is 11.4 Å². The monoisotopic (exact) mass is 385 g/mol. The fourth-order valence-electron chi connectivity index (χ4n) is 2.82. The summed E-state index contributed by atoms with van der Waals surface area (Å²) in [6, 6.07) is 18.5. The summed E-state index contributed by atoms with van der Waals surface area (Å²) in [5.74, 6) is 2.25. The van der Waals surface area contributed by atoms with Gasteiger partial charge >= 0.3 is 0 Å². The second-order valence-electron chi connectivity index (χ2n) is 6.42. The highest BCUT2D eigenvalue weighted by Crippen LogP contribution is 2.23. The third kappa shape index (κ3) is 4.84. The van der Waals surface area contributed by atoms with Gasteiger partial charge in [-0.2, -0.15) is 4.98 Å². The molecule has 7 nitrogen and oxygen atoms in total. The van der Waals surface area contributed by atoms with Gasteiger partial charge in [-0.25, -0.2) is 9.97 Å². The maximum atomic E-state index is 12.2. The number of amides is 1. The van der Waals surface area contributed by atoms with Gasteiger partial charge in [0.1, 0.15) is 23.7 Å². The Balaban J connectivity index is 1.41. The molecule has 1 amide bonds. The smallest absolute Gasteiger partial charge is 0.228 e. The van der Waals surface area contributed by atoms with Gasteiger partial charge in [0.25, 0.3) is 0 Å². The number of ether oxygens (including phenoxy) is 1. The largest absolute Gasteiger partial charge is 0.439 e. The van der Waals surface area contributed by atoms with Gasteiger partial charge in [-0.3, -0.25) is 9.36 Å². The molecule has 0 spiro atoms. The Morgan fingerprint density at radius 3 is 2.59 bits per heavy atom. The third-order valence-corrected chi connectivity index (χ3v) is 4.14. The predicted molar refractivity (Wildman–Crippen MR) is 109 cm³/mol. The normalized spacial score (nSPS) is 10.5. The van der Waals surface area contributed by atoms with Crippen LogP contribution in [0.3, 0.4) is 0 Å². The van der Waals surface area contributed by atoms with Crippen LogP contribution in [0.15, 0.2) is 79.4 Å². The summed E-state index contributed by atoms with van der Waals surface area (Å²) in [4.78, 5) is 24.9. The van der Waals surface area contributed by atoms with Crippen molar-refractivity contribution in [2.24, 2.45) is 0 Å². The van der Waals surface area contributed by atoms with Crippen molar-refractivity contribution < 1.29 is 9.53 Å². The van der Waals surface area contributed by atoms with Crippen LogP contribution in [0.2, 0.25) is 0 Å². The van der Waals surface area contributed by atoms with Gasteiger partial charge in [-0.15, -0.1) is 0 Å². The van der Waals surface area contributed by atoms with E-state index in [1.54, 1.807) is 60.5 Å². The number of imidazole rings is 1. The number of carbonyl (C=O) groups is 1. The summed E-state index contributed by atoms with van der Waals surface area (Å²) in [7, 11) is 0. The molecule has 0 unspecified atom stereocenters. The molecule has 2 aromatic carbocycles. The van der Waals surface area contributed by atoms with E-state index < -0.39 is 0 Å². The molecular formula is C22H19N5O2. The van der Waals surface area contributed by atoms with Crippen LogP contribution in [-0.2, 0) is 11.2 Å². The van der Waals surface area contributed by atoms with Crippen molar-refractivity contribution in [3.63, 3.8) is 0 Å². The summed E-state index contributed by atoms with van der Waals surface area (Å²) in [5.41, 5.74) is 1.68. The summed E-state index contributed by atoms with van der Waals surface area (Å²) < 4.78 is 7.64. The number of nitrogens with zero attached hydrogens (tertiary/aromatic N) is 4. The molecule has 0 radical (unpaired) electrons. The molecular weight excluding hydrogens is 366 g/mol. The van der Waals surface area contributed by atoms with Gasteiger partial charge in [-0.1, -0.05) is 30.3 Å². The van der Waals surface area contributed by atoms with E-state index in [9.17, 15) is 4.79 Å². The molecule has 0 bridgehead atoms. The van der Waals surface area contributed by atoms with Crippen LogP contribution < -0.4 is 10.1 Å². The van der Waals surface area contributed by atoms with Crippen molar-refractivity contribution in [1.29, 1.82) is 0 Å². The lowest BCUT2D eigenvalue weighted by Gasteiger charge is -2.09. The average molecular weight is 385 g/mol. The molecule has 7 heteroatoms. The van der Waals surface area contributed by atoms with Crippen molar-refractivity contribution in [3.8, 4) is 17.4 Å². The van der Waals surface area contributed by atoms with E-state index in [1.807, 2.05) is 30.3 Å². The van der Waals surface area contributed by atoms with Gasteiger partial charge in [0.05, 0.1) is 6.42 Å². The van der Waals surface area contributed by atoms with E-state index in [-0.39, 0.29) is 5.91 Å². The lowest BCUT2D eigenvalue weighted by atomic mass is 10.1. The van der Waals surface area contributed by atoms with Gasteiger partial charge < -0.3 is 10.1 Å². The third-order valence-electron chi connectivity index (χ3n) is 4.14. The quantitative estimate of drug-likeness (QED) is 0.544. The molecule has 0 atom stereocenters. The second-order valence-corrected chi connectivity index (χ2v) is 6.42. The van der Waals surface area contributed by atoms with Crippen molar-refractivity contribution in [2.45, 2.75) is 13.3 Å². The molecule has 0 aliphatic carbocycles. The van der Waals surface area contributed by atoms with Crippen LogP contribution in [-0.4, -0.2) is 25.4 Å². The molecule has 0 aliphatic rings. The van der Waals surface area contributed by atoms with Gasteiger partial charge in [0, 0.05) is 24.1 Å². The van der Waals surface area contributed by atoms with Crippen molar-refractivity contribution in [3.05, 3.63) is 90.8 Å². The minimum Gasteiger partial charge on any atom is -0.439 e. The van der Waals surface area contributed by atoms with Gasteiger partial charge in [-0.05, 0) is 36.8 Å². The average Bonchev–Trinajstić information content (AvgIpc) is 3.25. The van der Waals surface area contributed by atoms with Crippen LogP contribution in [0.5, 0.6) is 11.6 Å². The van der Waals surface area contributed by atoms with Crippen LogP contribution in [0, 0.1) is 6.92 Å². The summed E-state index contributed by atoms with van der Waals surface area (Å²) >= 11 is 0. The fourth-order valence-corrected chi connectivity index (χ4v) is 2.82. The van der Waals surface area contributed by atoms with Crippen LogP contribution in [0.4, 0.5) is 5.69 Å². The standard InChI is InChI=1S/C22H19N5O2/c1-16-24-20(27-12-11-23-15-27)14-22(25-16)29-19-9-7-18(8-10-19)26-21(28)13-17-5-3-2-4-6-17/h2-12,14-15H,13H2,1H3,(H,26,28). The topological polar surface area (TPSA) is 81.9 Å². The molecule has 2 heterocycles. The second kappa shape index (κ2) is 8.35. The fraction of sp³-hybridized carbons (Fsp3) is 0.0909. The molecule has 0 saturated heterocycles. The molecule has 1 N–H and O–H groups in total. The van der Waals surface area contributed by atoms with Crippen LogP contribution >= 0.6 is 0 Å². The zero-order valence-electron chi connectivity index (χ0n) is 15.8. The van der Waals surface area contributed by atoms with Crippen LogP contribution in [0.25, 0.3) is 5.82 Å². The molecule has 2 aromatic heterocycles. The van der Waals surface area contributed by atoms with Crippen molar-refractivity contribution in [1.82, 2.24) is 19.5 Å². The zero-order chi connectivity index (χ0) is 20.1. The molecule has 29 heavy (non-hydrogen) atoms. The van der Waals surface area contributed by atoms with E-state index in [1.165, 1.54) is 0 Å². The number of rotatable bonds is 6. The van der Waals surface area contributed by atoms with Crippen molar-refractivity contribution >= 4 is 11.6 Å². The predicted octanol–water partition coefficient (Wildman–Crippen LogP) is 3.94. The first-order valence-electron chi connectivity index (χ1n) is 9.11. The Morgan fingerprint density at radius 2 is 1.86 bits per heavy atom. The van der Waals surface area contributed by atoms with E-state index in [0.717, 1.165) is 5.56 Å². The van der Waals surface area contributed by atoms with E-state index >= 15 is 0 Å². The highest BCUT2D eigenvalue weighted by molar-refractivity contribution is 5.92. The first-order chi connectivity index (χ1) is 14.2. The molecule has 144 valence electrons. The Hall–Kier alpha value is -4.00. The number of carbonyl (C=O) groups excluding carboxylic acids is 1. The molecule has 0 saturated carbocycles. The maximum absolute atomic E-state index is 12.2. The first-order valence-corrected chi connectivity index (χ1v) is 9.11. The number of anilines is 1. The minimum atomic E-state index is -0.0683. The van der Waals surface area contributed by atoms with Crippen molar-refractivity contribution in [2.75, 3.05) is 5.32 Å². The summed E-state index contributed by atoms with van der Waals surface area (Å²) in [6.07, 6.45) is 5.48. The SMILES string of the molecule is Cc1nc(Oc2ccc(NC(=O)Cc3ccccc3)cc2)cc(-n2ccnc2)n1. The number of benzene rings is 2. The molecule has 4 aromatic rings. The summed E-state index contributed by atoms with van der Waals surface area (Å²) in [5, 5.41) is 2.89. The van der Waals surface area contributed by atoms with E-state index in [4.69, 9.17) is 4.74 Å².